The molecule has 1 fully saturated rings. The van der Waals surface area contributed by atoms with E-state index in [1.807, 2.05) is 16.9 Å². The van der Waals surface area contributed by atoms with Crippen molar-refractivity contribution in [3.8, 4) is 0 Å². The zero-order valence-electron chi connectivity index (χ0n) is 12.6. The van der Waals surface area contributed by atoms with Crippen molar-refractivity contribution < 1.29 is 0 Å². The maximum absolute atomic E-state index is 12.7. The maximum atomic E-state index is 12.7. The molecule has 0 amide bonds. The van der Waals surface area contributed by atoms with Crippen LogP contribution in [0.25, 0.3) is 10.2 Å². The summed E-state index contributed by atoms with van der Waals surface area (Å²) in [5.74, 6) is 0. The molecule has 2 aromatic heterocycles. The molecule has 0 atom stereocenters. The van der Waals surface area contributed by atoms with Crippen molar-refractivity contribution in [3.05, 3.63) is 21.3 Å². The van der Waals surface area contributed by atoms with E-state index in [9.17, 15) is 4.79 Å². The second-order valence-electron chi connectivity index (χ2n) is 5.39. The highest BCUT2D eigenvalue weighted by Crippen LogP contribution is 2.24. The number of rotatable bonds is 5. The maximum Gasteiger partial charge on any atom is 0.262 e. The quantitative estimate of drug-likeness (QED) is 0.626. The summed E-state index contributed by atoms with van der Waals surface area (Å²) in [4.78, 5) is 22.0. The van der Waals surface area contributed by atoms with E-state index in [4.69, 9.17) is 4.98 Å². The predicted octanol–water partition coefficient (Wildman–Crippen LogP) is 2.84. The summed E-state index contributed by atoms with van der Waals surface area (Å²) in [5, 5.41) is 1.63. The van der Waals surface area contributed by atoms with E-state index in [2.05, 4.69) is 11.8 Å². The van der Waals surface area contributed by atoms with Gasteiger partial charge in [0.2, 0.25) is 0 Å². The molecule has 0 spiro atoms. The summed E-state index contributed by atoms with van der Waals surface area (Å²) in [5.41, 5.74) is 0.125. The van der Waals surface area contributed by atoms with Crippen molar-refractivity contribution in [2.24, 2.45) is 0 Å². The Morgan fingerprint density at radius 1 is 1.33 bits per heavy atom. The predicted molar refractivity (Wildman–Crippen MR) is 90.7 cm³/mol. The Balaban J connectivity index is 1.94. The molecule has 1 aliphatic rings. The van der Waals surface area contributed by atoms with Gasteiger partial charge in [-0.1, -0.05) is 18.7 Å². The van der Waals surface area contributed by atoms with Gasteiger partial charge in [0.1, 0.15) is 4.83 Å². The van der Waals surface area contributed by atoms with Crippen LogP contribution in [0.3, 0.4) is 0 Å². The Kier molecular flexibility index (Phi) is 4.66. The van der Waals surface area contributed by atoms with Gasteiger partial charge in [-0.2, -0.15) is 0 Å². The smallest absolute Gasteiger partial charge is 0.262 e. The largest absolute Gasteiger partial charge is 0.302 e. The van der Waals surface area contributed by atoms with Gasteiger partial charge in [0.05, 0.1) is 5.39 Å². The molecular formula is C15H21N3OS2. The molecule has 114 valence electrons. The zero-order chi connectivity index (χ0) is 14.8. The van der Waals surface area contributed by atoms with E-state index >= 15 is 0 Å². The molecule has 21 heavy (non-hydrogen) atoms. The molecule has 0 aromatic carbocycles. The number of likely N-dealkylation sites (tertiary alicyclic amines) is 1. The van der Waals surface area contributed by atoms with Gasteiger partial charge in [-0.05, 0) is 44.7 Å². The number of hydrogen-bond acceptors (Lipinski definition) is 5. The molecular weight excluding hydrogens is 302 g/mol. The SMILES string of the molecule is CCc1cc2c(=O)n(CCN3CCCC3)c(SC)nc2s1. The minimum absolute atomic E-state index is 0.125. The molecule has 0 bridgehead atoms. The number of thiophene rings is 1. The van der Waals surface area contributed by atoms with Crippen LogP contribution in [0.15, 0.2) is 16.0 Å². The lowest BCUT2D eigenvalue weighted by Crippen LogP contribution is -2.30. The zero-order valence-corrected chi connectivity index (χ0v) is 14.2. The van der Waals surface area contributed by atoms with E-state index in [0.717, 1.165) is 48.0 Å². The van der Waals surface area contributed by atoms with Gasteiger partial charge in [0.25, 0.3) is 5.56 Å². The number of fused-ring (bicyclic) bond motifs is 1. The Morgan fingerprint density at radius 3 is 2.76 bits per heavy atom. The summed E-state index contributed by atoms with van der Waals surface area (Å²) in [6, 6.07) is 2.02. The second kappa shape index (κ2) is 6.50. The van der Waals surface area contributed by atoms with Crippen LogP contribution in [0.1, 0.15) is 24.6 Å². The van der Waals surface area contributed by atoms with Crippen LogP contribution < -0.4 is 5.56 Å². The van der Waals surface area contributed by atoms with Crippen LogP contribution in [0.2, 0.25) is 0 Å². The highest BCUT2D eigenvalue weighted by Gasteiger charge is 2.16. The Labute approximate surface area is 133 Å². The minimum Gasteiger partial charge on any atom is -0.302 e. The third-order valence-electron chi connectivity index (χ3n) is 4.04. The monoisotopic (exact) mass is 323 g/mol. The van der Waals surface area contributed by atoms with Crippen LogP contribution in [-0.4, -0.2) is 40.3 Å². The topological polar surface area (TPSA) is 38.1 Å². The van der Waals surface area contributed by atoms with Crippen LogP contribution in [-0.2, 0) is 13.0 Å². The molecule has 3 rings (SSSR count). The number of aromatic nitrogens is 2. The molecule has 6 heteroatoms. The van der Waals surface area contributed by atoms with Crippen molar-refractivity contribution in [2.75, 3.05) is 25.9 Å². The third-order valence-corrected chi connectivity index (χ3v) is 5.89. The first kappa shape index (κ1) is 15.1. The molecule has 0 saturated carbocycles. The van der Waals surface area contributed by atoms with E-state index < -0.39 is 0 Å². The lowest BCUT2D eigenvalue weighted by molar-refractivity contribution is 0.315. The summed E-state index contributed by atoms with van der Waals surface area (Å²) in [6.07, 6.45) is 5.52. The van der Waals surface area contributed by atoms with Gasteiger partial charge >= 0.3 is 0 Å². The standard InChI is InChI=1S/C15H21N3OS2/c1-3-11-10-12-13(21-11)16-15(20-2)18(14(12)19)9-8-17-6-4-5-7-17/h10H,3-9H2,1-2H3. The Hall–Kier alpha value is -0.850. The van der Waals surface area contributed by atoms with Crippen LogP contribution in [0, 0.1) is 0 Å². The molecule has 1 aliphatic heterocycles. The van der Waals surface area contributed by atoms with Gasteiger partial charge in [0.15, 0.2) is 5.16 Å². The fourth-order valence-corrected chi connectivity index (χ4v) is 4.41. The number of thioether (sulfide) groups is 1. The van der Waals surface area contributed by atoms with E-state index in [0.29, 0.717) is 0 Å². The van der Waals surface area contributed by atoms with Crippen molar-refractivity contribution in [1.29, 1.82) is 0 Å². The van der Waals surface area contributed by atoms with Gasteiger partial charge in [-0.15, -0.1) is 11.3 Å². The van der Waals surface area contributed by atoms with E-state index in [1.54, 1.807) is 23.1 Å². The van der Waals surface area contributed by atoms with Crippen LogP contribution in [0.4, 0.5) is 0 Å². The van der Waals surface area contributed by atoms with Crippen molar-refractivity contribution in [3.63, 3.8) is 0 Å². The molecule has 0 aliphatic carbocycles. The number of hydrogen-bond donors (Lipinski definition) is 0. The number of nitrogens with zero attached hydrogens (tertiary/aromatic N) is 3. The lowest BCUT2D eigenvalue weighted by atomic mass is 10.3. The van der Waals surface area contributed by atoms with Crippen LogP contribution >= 0.6 is 23.1 Å². The minimum atomic E-state index is 0.125. The summed E-state index contributed by atoms with van der Waals surface area (Å²) in [7, 11) is 0. The molecule has 0 unspecified atom stereocenters. The summed E-state index contributed by atoms with van der Waals surface area (Å²) in [6.45, 7) is 6.14. The van der Waals surface area contributed by atoms with E-state index in [1.165, 1.54) is 17.7 Å². The molecule has 3 heterocycles. The highest BCUT2D eigenvalue weighted by atomic mass is 32.2. The summed E-state index contributed by atoms with van der Waals surface area (Å²) < 4.78 is 1.86. The first-order valence-electron chi connectivity index (χ1n) is 7.52. The fraction of sp³-hybridized carbons (Fsp3) is 0.600. The van der Waals surface area contributed by atoms with Gasteiger partial charge in [-0.25, -0.2) is 4.98 Å². The third kappa shape index (κ3) is 3.03. The number of aryl methyl sites for hydroxylation is 1. The van der Waals surface area contributed by atoms with E-state index in [-0.39, 0.29) is 5.56 Å². The van der Waals surface area contributed by atoms with Gasteiger partial charge < -0.3 is 4.90 Å². The molecule has 0 N–H and O–H groups in total. The van der Waals surface area contributed by atoms with Crippen LogP contribution in [0.5, 0.6) is 0 Å². The normalized spacial score (nSPS) is 16.1. The lowest BCUT2D eigenvalue weighted by Gasteiger charge is -2.16. The Morgan fingerprint density at radius 2 is 2.10 bits per heavy atom. The highest BCUT2D eigenvalue weighted by molar-refractivity contribution is 7.98. The first-order valence-corrected chi connectivity index (χ1v) is 9.56. The molecule has 1 saturated heterocycles. The van der Waals surface area contributed by atoms with Crippen molar-refractivity contribution in [2.45, 2.75) is 37.9 Å². The average molecular weight is 323 g/mol. The fourth-order valence-electron chi connectivity index (χ4n) is 2.82. The van der Waals surface area contributed by atoms with Gasteiger partial charge in [0, 0.05) is 18.0 Å². The molecule has 4 nitrogen and oxygen atoms in total. The summed E-state index contributed by atoms with van der Waals surface area (Å²) >= 11 is 3.21. The van der Waals surface area contributed by atoms with Crippen molar-refractivity contribution in [1.82, 2.24) is 14.5 Å². The van der Waals surface area contributed by atoms with Crippen molar-refractivity contribution >= 4 is 33.3 Å². The molecule has 2 aromatic rings. The first-order chi connectivity index (χ1) is 10.2. The average Bonchev–Trinajstić information content (AvgIpc) is 3.14. The molecule has 0 radical (unpaired) electrons. The second-order valence-corrected chi connectivity index (χ2v) is 7.28. The Bertz CT molecular complexity index is 686. The van der Waals surface area contributed by atoms with Gasteiger partial charge in [-0.3, -0.25) is 9.36 Å².